The van der Waals surface area contributed by atoms with Crippen molar-refractivity contribution in [2.24, 2.45) is 0 Å². The summed E-state index contributed by atoms with van der Waals surface area (Å²) in [5, 5.41) is 8.63. The first-order valence-electron chi connectivity index (χ1n) is 12.1. The number of nitrogens with zero attached hydrogens (tertiary/aromatic N) is 5. The molecule has 7 nitrogen and oxygen atoms in total. The van der Waals surface area contributed by atoms with Gasteiger partial charge < -0.3 is 14.7 Å². The van der Waals surface area contributed by atoms with Crippen LogP contribution in [-0.2, 0) is 4.79 Å². The molecular weight excluding hydrogens is 464 g/mol. The largest absolute Gasteiger partial charge is 0.353 e. The van der Waals surface area contributed by atoms with Gasteiger partial charge in [-0.25, -0.2) is 8.78 Å². The normalized spacial score (nSPS) is 13.9. The summed E-state index contributed by atoms with van der Waals surface area (Å²) in [4.78, 5) is 31.2. The van der Waals surface area contributed by atoms with Crippen molar-refractivity contribution >= 4 is 17.6 Å². The number of halogens is 2. The van der Waals surface area contributed by atoms with E-state index in [0.29, 0.717) is 50.7 Å². The molecule has 2 amide bonds. The lowest BCUT2D eigenvalue weighted by atomic mass is 10.1. The van der Waals surface area contributed by atoms with Gasteiger partial charge in [-0.05, 0) is 61.4 Å². The minimum absolute atomic E-state index is 0.0246. The van der Waals surface area contributed by atoms with Crippen molar-refractivity contribution in [2.45, 2.75) is 19.8 Å². The number of anilines is 1. The van der Waals surface area contributed by atoms with E-state index in [9.17, 15) is 18.4 Å². The lowest BCUT2D eigenvalue weighted by Crippen LogP contribution is -2.44. The van der Waals surface area contributed by atoms with Crippen molar-refractivity contribution < 1.29 is 18.4 Å². The first-order valence-corrected chi connectivity index (χ1v) is 12.1. The zero-order valence-corrected chi connectivity index (χ0v) is 20.2. The van der Waals surface area contributed by atoms with Crippen molar-refractivity contribution in [3.05, 3.63) is 77.9 Å². The second kappa shape index (κ2) is 11.7. The second-order valence-corrected chi connectivity index (χ2v) is 8.71. The van der Waals surface area contributed by atoms with Crippen LogP contribution in [0.4, 0.5) is 14.6 Å². The van der Waals surface area contributed by atoms with E-state index in [4.69, 9.17) is 0 Å². The van der Waals surface area contributed by atoms with E-state index >= 15 is 0 Å². The topological polar surface area (TPSA) is 69.6 Å². The maximum absolute atomic E-state index is 14.2. The monoisotopic (exact) mass is 493 g/mol. The summed E-state index contributed by atoms with van der Waals surface area (Å²) >= 11 is 0. The Morgan fingerprint density at radius 1 is 0.917 bits per heavy atom. The minimum atomic E-state index is -0.590. The van der Waals surface area contributed by atoms with E-state index in [1.165, 1.54) is 35.2 Å². The van der Waals surface area contributed by atoms with E-state index in [0.717, 1.165) is 12.0 Å². The quantitative estimate of drug-likeness (QED) is 0.498. The molecule has 36 heavy (non-hydrogen) atoms. The fourth-order valence-electron chi connectivity index (χ4n) is 4.26. The zero-order valence-electron chi connectivity index (χ0n) is 20.2. The predicted octanol–water partition coefficient (Wildman–Crippen LogP) is 4.01. The average Bonchev–Trinajstić information content (AvgIpc) is 3.15. The van der Waals surface area contributed by atoms with E-state index in [-0.39, 0.29) is 23.8 Å². The van der Waals surface area contributed by atoms with Gasteiger partial charge in [0.2, 0.25) is 5.91 Å². The Bertz CT molecular complexity index is 1190. The Morgan fingerprint density at radius 3 is 2.39 bits per heavy atom. The fraction of sp³-hybridized carbons (Fsp3) is 0.333. The zero-order chi connectivity index (χ0) is 25.5. The molecule has 9 heteroatoms. The molecule has 3 aromatic rings. The van der Waals surface area contributed by atoms with Gasteiger partial charge in [0.1, 0.15) is 18.2 Å². The molecular formula is C27H29F2N5O2. The summed E-state index contributed by atoms with van der Waals surface area (Å²) in [6.45, 7) is 4.52. The highest BCUT2D eigenvalue weighted by Crippen LogP contribution is 2.20. The number of rotatable bonds is 7. The molecule has 0 N–H and O–H groups in total. The van der Waals surface area contributed by atoms with Crippen molar-refractivity contribution in [1.29, 1.82) is 0 Å². The Balaban J connectivity index is 1.37. The molecule has 1 saturated heterocycles. The van der Waals surface area contributed by atoms with Crippen LogP contribution in [0.15, 0.2) is 60.7 Å². The fourth-order valence-corrected chi connectivity index (χ4v) is 4.26. The third-order valence-electron chi connectivity index (χ3n) is 6.17. The third kappa shape index (κ3) is 6.02. The van der Waals surface area contributed by atoms with Gasteiger partial charge in [-0.1, -0.05) is 19.1 Å². The van der Waals surface area contributed by atoms with E-state index in [1.807, 2.05) is 19.1 Å². The number of amides is 2. The van der Waals surface area contributed by atoms with Gasteiger partial charge >= 0.3 is 0 Å². The van der Waals surface area contributed by atoms with Crippen molar-refractivity contribution in [2.75, 3.05) is 44.2 Å². The summed E-state index contributed by atoms with van der Waals surface area (Å²) in [6, 6.07) is 15.6. The van der Waals surface area contributed by atoms with Crippen LogP contribution in [0.5, 0.6) is 0 Å². The maximum Gasteiger partial charge on any atom is 0.257 e. The van der Waals surface area contributed by atoms with Crippen molar-refractivity contribution in [3.63, 3.8) is 0 Å². The number of hydrogen-bond donors (Lipinski definition) is 0. The molecule has 0 aliphatic carbocycles. The minimum Gasteiger partial charge on any atom is -0.353 e. The molecule has 0 atom stereocenters. The van der Waals surface area contributed by atoms with Gasteiger partial charge in [-0.3, -0.25) is 9.59 Å². The van der Waals surface area contributed by atoms with Gasteiger partial charge in [-0.15, -0.1) is 10.2 Å². The third-order valence-corrected chi connectivity index (χ3v) is 6.17. The standard InChI is InChI=1S/C27H29F2N5O2/c1-2-14-34(27(36)22-6-3-4-7-23(22)29)19-26(35)33-16-5-15-32(17-18-33)25-13-12-24(30-31-25)20-8-10-21(28)11-9-20/h3-4,6-13H,2,5,14-19H2,1H3. The number of carbonyl (C=O) groups excluding carboxylic acids is 2. The first kappa shape index (κ1) is 25.2. The van der Waals surface area contributed by atoms with Crippen LogP contribution < -0.4 is 4.90 Å². The summed E-state index contributed by atoms with van der Waals surface area (Å²) in [5.41, 5.74) is 1.41. The smallest absolute Gasteiger partial charge is 0.257 e. The number of aromatic nitrogens is 2. The maximum atomic E-state index is 14.2. The van der Waals surface area contributed by atoms with Crippen LogP contribution in [-0.4, -0.2) is 71.1 Å². The molecule has 0 unspecified atom stereocenters. The molecule has 0 bridgehead atoms. The van der Waals surface area contributed by atoms with Crippen molar-refractivity contribution in [3.8, 4) is 11.3 Å². The first-order chi connectivity index (χ1) is 17.5. The predicted molar refractivity (Wildman–Crippen MR) is 133 cm³/mol. The van der Waals surface area contributed by atoms with Crippen LogP contribution >= 0.6 is 0 Å². The van der Waals surface area contributed by atoms with E-state index < -0.39 is 11.7 Å². The Labute approximate surface area is 209 Å². The SMILES string of the molecule is CCCN(CC(=O)N1CCCN(c2ccc(-c3ccc(F)cc3)nn2)CC1)C(=O)c1ccccc1F. The molecule has 4 rings (SSSR count). The number of carbonyl (C=O) groups is 2. The van der Waals surface area contributed by atoms with Crippen LogP contribution in [0, 0.1) is 11.6 Å². The Kier molecular flexibility index (Phi) is 8.20. The Morgan fingerprint density at radius 2 is 1.69 bits per heavy atom. The van der Waals surface area contributed by atoms with Crippen LogP contribution in [0.2, 0.25) is 0 Å². The molecule has 2 aromatic carbocycles. The molecule has 1 aliphatic rings. The van der Waals surface area contributed by atoms with Gasteiger partial charge in [0.15, 0.2) is 5.82 Å². The van der Waals surface area contributed by atoms with Crippen LogP contribution in [0.25, 0.3) is 11.3 Å². The molecule has 0 spiro atoms. The second-order valence-electron chi connectivity index (χ2n) is 8.71. The highest BCUT2D eigenvalue weighted by Gasteiger charge is 2.25. The molecule has 1 aromatic heterocycles. The number of hydrogen-bond acceptors (Lipinski definition) is 5. The summed E-state index contributed by atoms with van der Waals surface area (Å²) in [5.74, 6) is -0.823. The van der Waals surface area contributed by atoms with Gasteiger partial charge in [0.05, 0.1) is 11.3 Å². The molecule has 0 saturated carbocycles. The summed E-state index contributed by atoms with van der Waals surface area (Å²) < 4.78 is 27.3. The summed E-state index contributed by atoms with van der Waals surface area (Å²) in [6.07, 6.45) is 1.40. The molecule has 1 aliphatic heterocycles. The molecule has 1 fully saturated rings. The van der Waals surface area contributed by atoms with Gasteiger partial charge in [0, 0.05) is 38.3 Å². The van der Waals surface area contributed by atoms with Crippen LogP contribution in [0.3, 0.4) is 0 Å². The average molecular weight is 494 g/mol. The molecule has 188 valence electrons. The van der Waals surface area contributed by atoms with Gasteiger partial charge in [-0.2, -0.15) is 0 Å². The molecule has 0 radical (unpaired) electrons. The summed E-state index contributed by atoms with van der Waals surface area (Å²) in [7, 11) is 0. The highest BCUT2D eigenvalue weighted by atomic mass is 19.1. The molecule has 2 heterocycles. The van der Waals surface area contributed by atoms with E-state index in [1.54, 1.807) is 23.1 Å². The number of benzene rings is 2. The highest BCUT2D eigenvalue weighted by molar-refractivity contribution is 5.96. The Hall–Kier alpha value is -3.88. The lowest BCUT2D eigenvalue weighted by molar-refractivity contribution is -0.131. The lowest BCUT2D eigenvalue weighted by Gasteiger charge is -2.27. The van der Waals surface area contributed by atoms with E-state index in [2.05, 4.69) is 15.1 Å². The van der Waals surface area contributed by atoms with Crippen LogP contribution in [0.1, 0.15) is 30.1 Å². The van der Waals surface area contributed by atoms with Crippen molar-refractivity contribution in [1.82, 2.24) is 20.0 Å². The van der Waals surface area contributed by atoms with Gasteiger partial charge in [0.25, 0.3) is 5.91 Å².